The van der Waals surface area contributed by atoms with Crippen molar-refractivity contribution < 1.29 is 8.78 Å². The molecule has 2 aromatic rings. The van der Waals surface area contributed by atoms with Crippen molar-refractivity contribution in [3.05, 3.63) is 58.9 Å². The molecule has 1 heterocycles. The monoisotopic (exact) mass is 384 g/mol. The van der Waals surface area contributed by atoms with Crippen molar-refractivity contribution >= 4 is 18.6 Å². The van der Waals surface area contributed by atoms with Crippen LogP contribution in [-0.4, -0.2) is 22.3 Å². The van der Waals surface area contributed by atoms with Crippen molar-refractivity contribution in [2.75, 3.05) is 0 Å². The molecule has 1 fully saturated rings. The van der Waals surface area contributed by atoms with Crippen LogP contribution in [-0.2, 0) is 13.5 Å². The van der Waals surface area contributed by atoms with E-state index in [1.165, 1.54) is 36.2 Å². The third-order valence-electron chi connectivity index (χ3n) is 5.78. The zero-order valence-corrected chi connectivity index (χ0v) is 16.3. The Balaban J connectivity index is 1.82. The number of benzene rings is 1. The van der Waals surface area contributed by atoms with Gasteiger partial charge in [0.05, 0.1) is 0 Å². The van der Waals surface area contributed by atoms with Crippen molar-refractivity contribution in [2.45, 2.75) is 38.5 Å². The average molecular weight is 384 g/mol. The first-order chi connectivity index (χ1) is 13.5. The topological polar surface area (TPSA) is 54.0 Å². The minimum absolute atomic E-state index is 0.179. The second-order valence-corrected chi connectivity index (χ2v) is 7.45. The van der Waals surface area contributed by atoms with Crippen LogP contribution in [0.2, 0.25) is 0 Å². The molecule has 4 nitrogen and oxygen atoms in total. The third-order valence-corrected chi connectivity index (χ3v) is 5.78. The number of aliphatic imine (C=N–C) groups is 1. The van der Waals surface area contributed by atoms with E-state index in [4.69, 9.17) is 5.41 Å². The summed E-state index contributed by atoms with van der Waals surface area (Å²) in [4.78, 5) is 3.59. The van der Waals surface area contributed by atoms with Crippen molar-refractivity contribution in [2.24, 2.45) is 23.9 Å². The van der Waals surface area contributed by atoms with E-state index in [0.717, 1.165) is 25.6 Å². The first-order valence-electron chi connectivity index (χ1n) is 9.68. The fourth-order valence-electron chi connectivity index (χ4n) is 4.32. The zero-order chi connectivity index (χ0) is 20.1. The van der Waals surface area contributed by atoms with Crippen LogP contribution in [0.25, 0.3) is 6.08 Å². The number of aromatic nitrogens is 2. The molecule has 0 amide bonds. The van der Waals surface area contributed by atoms with Gasteiger partial charge in [-0.3, -0.25) is 10.1 Å². The lowest BCUT2D eigenvalue weighted by Crippen LogP contribution is -2.14. The highest BCUT2D eigenvalue weighted by Gasteiger charge is 2.36. The predicted octanol–water partition coefficient (Wildman–Crippen LogP) is 5.15. The Morgan fingerprint density at radius 2 is 2.11 bits per heavy atom. The smallest absolute Gasteiger partial charge is 0.130 e. The lowest BCUT2D eigenvalue weighted by Gasteiger charge is -2.20. The molecule has 1 aromatic heterocycles. The highest BCUT2D eigenvalue weighted by Crippen LogP contribution is 2.45. The molecule has 0 saturated heterocycles. The minimum Gasteiger partial charge on any atom is -0.290 e. The third kappa shape index (κ3) is 4.43. The molecule has 0 aliphatic heterocycles. The lowest BCUT2D eigenvalue weighted by atomic mass is 9.87. The first kappa shape index (κ1) is 20.1. The zero-order valence-electron chi connectivity index (χ0n) is 16.3. The van der Waals surface area contributed by atoms with Crippen LogP contribution >= 0.6 is 0 Å². The normalized spacial score (nSPS) is 22.5. The Kier molecular flexibility index (Phi) is 6.49. The van der Waals surface area contributed by atoms with Gasteiger partial charge in [-0.25, -0.2) is 13.8 Å². The molecule has 3 rings (SSSR count). The fraction of sp³-hybridized carbons (Fsp3) is 0.409. The maximum atomic E-state index is 14.7. The van der Waals surface area contributed by atoms with E-state index in [1.807, 2.05) is 17.8 Å². The van der Waals surface area contributed by atoms with E-state index in [0.29, 0.717) is 23.8 Å². The standard InChI is InChI=1S/C22H26F2N4/c1-3-15-9-17(19(10-15)22-6-8-27-28(22)2)11-18-13-20(23)16(12-21(18)24)5-4-7-26-14-25/h4-8,12-15,17,19,25H,3,9-11H2,1-2H3/b5-4+,25-14?,26-7-. The first-order valence-corrected chi connectivity index (χ1v) is 9.68. The van der Waals surface area contributed by atoms with E-state index in [-0.39, 0.29) is 17.3 Å². The summed E-state index contributed by atoms with van der Waals surface area (Å²) in [6.45, 7) is 2.19. The molecule has 0 radical (unpaired) electrons. The summed E-state index contributed by atoms with van der Waals surface area (Å²) in [7, 11) is 1.94. The largest absolute Gasteiger partial charge is 0.290 e. The molecule has 28 heavy (non-hydrogen) atoms. The summed E-state index contributed by atoms with van der Waals surface area (Å²) in [6.07, 6.45) is 10.7. The van der Waals surface area contributed by atoms with Gasteiger partial charge in [-0.2, -0.15) is 5.10 Å². The number of nitrogens with one attached hydrogen (secondary N) is 1. The Bertz CT molecular complexity index is 885. The molecule has 1 aliphatic carbocycles. The molecule has 3 unspecified atom stereocenters. The van der Waals surface area contributed by atoms with Crippen LogP contribution in [0.5, 0.6) is 0 Å². The number of rotatable bonds is 7. The number of allylic oxidation sites excluding steroid dienone is 1. The molecule has 3 atom stereocenters. The number of halogens is 2. The highest BCUT2D eigenvalue weighted by molar-refractivity contribution is 5.83. The Hall–Kier alpha value is -2.63. The van der Waals surface area contributed by atoms with Gasteiger partial charge in [0.1, 0.15) is 18.0 Å². The van der Waals surface area contributed by atoms with Gasteiger partial charge in [0.25, 0.3) is 0 Å². The molecule has 6 heteroatoms. The molecular weight excluding hydrogens is 358 g/mol. The van der Waals surface area contributed by atoms with Crippen LogP contribution in [0.15, 0.2) is 35.5 Å². The Morgan fingerprint density at radius 1 is 1.29 bits per heavy atom. The van der Waals surface area contributed by atoms with Crippen LogP contribution in [0.3, 0.4) is 0 Å². The molecule has 1 saturated carbocycles. The summed E-state index contributed by atoms with van der Waals surface area (Å²) in [5, 5.41) is 11.1. The predicted molar refractivity (Wildman–Crippen MR) is 109 cm³/mol. The van der Waals surface area contributed by atoms with Crippen molar-refractivity contribution in [3.8, 4) is 0 Å². The van der Waals surface area contributed by atoms with E-state index in [2.05, 4.69) is 17.0 Å². The van der Waals surface area contributed by atoms with E-state index >= 15 is 0 Å². The average Bonchev–Trinajstić information content (AvgIpc) is 3.28. The summed E-state index contributed by atoms with van der Waals surface area (Å²) in [6, 6.07) is 4.60. The summed E-state index contributed by atoms with van der Waals surface area (Å²) >= 11 is 0. The molecule has 0 spiro atoms. The quantitative estimate of drug-likeness (QED) is 0.521. The van der Waals surface area contributed by atoms with E-state index < -0.39 is 5.82 Å². The second kappa shape index (κ2) is 9.04. The van der Waals surface area contributed by atoms with Gasteiger partial charge in [0.15, 0.2) is 0 Å². The van der Waals surface area contributed by atoms with Crippen molar-refractivity contribution in [1.82, 2.24) is 9.78 Å². The number of aryl methyl sites for hydroxylation is 1. The van der Waals surface area contributed by atoms with Crippen molar-refractivity contribution in [1.29, 1.82) is 5.41 Å². The minimum atomic E-state index is -0.446. The molecule has 0 bridgehead atoms. The number of hydrogen-bond acceptors (Lipinski definition) is 2. The summed E-state index contributed by atoms with van der Waals surface area (Å²) < 4.78 is 31.1. The van der Waals surface area contributed by atoms with Crippen LogP contribution in [0, 0.1) is 28.9 Å². The maximum Gasteiger partial charge on any atom is 0.130 e. The summed E-state index contributed by atoms with van der Waals surface area (Å²) in [5.74, 6) is 0.368. The summed E-state index contributed by atoms with van der Waals surface area (Å²) in [5.41, 5.74) is 1.78. The number of nitrogens with zero attached hydrogens (tertiary/aromatic N) is 3. The van der Waals surface area contributed by atoms with Crippen LogP contribution in [0.1, 0.15) is 48.9 Å². The van der Waals surface area contributed by atoms with Gasteiger partial charge < -0.3 is 0 Å². The molecular formula is C22H26F2N4. The van der Waals surface area contributed by atoms with Crippen molar-refractivity contribution in [3.63, 3.8) is 0 Å². The molecule has 148 valence electrons. The second-order valence-electron chi connectivity index (χ2n) is 7.45. The highest BCUT2D eigenvalue weighted by atomic mass is 19.1. The van der Waals surface area contributed by atoms with Crippen LogP contribution < -0.4 is 0 Å². The van der Waals surface area contributed by atoms with Gasteiger partial charge in [-0.05, 0) is 60.9 Å². The van der Waals surface area contributed by atoms with Gasteiger partial charge in [-0.15, -0.1) is 0 Å². The van der Waals surface area contributed by atoms with Crippen LogP contribution in [0.4, 0.5) is 8.78 Å². The van der Waals surface area contributed by atoms with Gasteiger partial charge in [-0.1, -0.05) is 19.4 Å². The Labute approximate surface area is 164 Å². The Morgan fingerprint density at radius 3 is 2.79 bits per heavy atom. The maximum absolute atomic E-state index is 14.7. The SMILES string of the molecule is CCC1CC(Cc2cc(F)c(/C=C/C=N\C=N)cc2F)C(c2ccnn2C)C1. The van der Waals surface area contributed by atoms with Gasteiger partial charge >= 0.3 is 0 Å². The fourth-order valence-corrected chi connectivity index (χ4v) is 4.32. The molecule has 1 aromatic carbocycles. The molecule has 1 N–H and O–H groups in total. The van der Waals surface area contributed by atoms with E-state index in [1.54, 1.807) is 6.20 Å². The van der Waals surface area contributed by atoms with Gasteiger partial charge in [0.2, 0.25) is 0 Å². The number of hydrogen-bond donors (Lipinski definition) is 1. The van der Waals surface area contributed by atoms with Gasteiger partial charge in [0, 0.05) is 36.6 Å². The molecule has 1 aliphatic rings. The lowest BCUT2D eigenvalue weighted by molar-refractivity contribution is 0.440. The van der Waals surface area contributed by atoms with E-state index in [9.17, 15) is 8.78 Å².